The highest BCUT2D eigenvalue weighted by Crippen LogP contribution is 2.32. The predicted octanol–water partition coefficient (Wildman–Crippen LogP) is 1.12. The van der Waals surface area contributed by atoms with Crippen LogP contribution in [0.25, 0.3) is 22.0 Å². The van der Waals surface area contributed by atoms with Gasteiger partial charge < -0.3 is 25.3 Å². The van der Waals surface area contributed by atoms with Gasteiger partial charge in [0.15, 0.2) is 0 Å². The molecule has 0 saturated carbocycles. The van der Waals surface area contributed by atoms with E-state index >= 15 is 0 Å². The van der Waals surface area contributed by atoms with Crippen LogP contribution in [0.2, 0.25) is 0 Å². The highest BCUT2D eigenvalue weighted by Gasteiger charge is 2.19. The molecule has 1 aliphatic heterocycles. The average molecular weight is 365 g/mol. The summed E-state index contributed by atoms with van der Waals surface area (Å²) in [5.41, 5.74) is 9.11. The van der Waals surface area contributed by atoms with Gasteiger partial charge in [0.1, 0.15) is 12.4 Å². The third-order valence-electron chi connectivity index (χ3n) is 4.73. The van der Waals surface area contributed by atoms with E-state index < -0.39 is 7.12 Å². The molecule has 8 heteroatoms. The first-order valence-corrected chi connectivity index (χ1v) is 8.87. The third-order valence-corrected chi connectivity index (χ3v) is 4.73. The summed E-state index contributed by atoms with van der Waals surface area (Å²) in [7, 11) is -1.56. The van der Waals surface area contributed by atoms with Crippen molar-refractivity contribution in [3.05, 3.63) is 42.6 Å². The molecule has 3 aromatic rings. The summed E-state index contributed by atoms with van der Waals surface area (Å²) in [6, 6.07) is 10.7. The molecule has 0 radical (unpaired) electrons. The molecule has 2 aromatic carbocycles. The van der Waals surface area contributed by atoms with Gasteiger partial charge in [-0.25, -0.2) is 0 Å². The molecule has 4 N–H and O–H groups in total. The van der Waals surface area contributed by atoms with Gasteiger partial charge in [0.05, 0.1) is 23.5 Å². The minimum Gasteiger partial charge on any atom is -0.490 e. The van der Waals surface area contributed by atoms with Crippen LogP contribution in [0.15, 0.2) is 42.6 Å². The van der Waals surface area contributed by atoms with Crippen molar-refractivity contribution in [2.45, 2.75) is 18.9 Å². The summed E-state index contributed by atoms with van der Waals surface area (Å²) in [6.07, 6.45) is 3.62. The van der Waals surface area contributed by atoms with Crippen molar-refractivity contribution in [2.24, 2.45) is 0 Å². The molecule has 138 valence electrons. The maximum Gasteiger partial charge on any atom is 0.488 e. The Kier molecular flexibility index (Phi) is 4.93. The van der Waals surface area contributed by atoms with Crippen LogP contribution >= 0.6 is 0 Å². The topological polar surface area (TPSA) is 111 Å². The fourth-order valence-electron chi connectivity index (χ4n) is 3.27. The van der Waals surface area contributed by atoms with Crippen molar-refractivity contribution in [2.75, 3.05) is 18.9 Å². The lowest BCUT2D eigenvalue weighted by Gasteiger charge is -2.16. The van der Waals surface area contributed by atoms with Crippen molar-refractivity contribution in [1.29, 1.82) is 0 Å². The third kappa shape index (κ3) is 3.73. The average Bonchev–Trinajstić information content (AvgIpc) is 3.20. The van der Waals surface area contributed by atoms with Crippen molar-refractivity contribution in [3.8, 4) is 16.9 Å². The molecule has 0 spiro atoms. The fourth-order valence-corrected chi connectivity index (χ4v) is 3.27. The van der Waals surface area contributed by atoms with Crippen LogP contribution in [0.5, 0.6) is 5.75 Å². The van der Waals surface area contributed by atoms with Gasteiger partial charge in [-0.05, 0) is 42.1 Å². The van der Waals surface area contributed by atoms with Gasteiger partial charge in [0.2, 0.25) is 0 Å². The molecule has 1 unspecified atom stereocenters. The molecule has 0 amide bonds. The second-order valence-electron chi connectivity index (χ2n) is 6.61. The fraction of sp³-hybridized carbons (Fsp3) is 0.263. The molecule has 27 heavy (non-hydrogen) atoms. The molecule has 1 saturated heterocycles. The van der Waals surface area contributed by atoms with E-state index in [2.05, 4.69) is 10.2 Å². The lowest BCUT2D eigenvalue weighted by Crippen LogP contribution is -2.29. The second kappa shape index (κ2) is 7.52. The molecule has 2 heterocycles. The molecule has 1 aromatic heterocycles. The Morgan fingerprint density at radius 2 is 2.11 bits per heavy atom. The Morgan fingerprint density at radius 1 is 1.22 bits per heavy atom. The van der Waals surface area contributed by atoms with Gasteiger partial charge in [-0.3, -0.25) is 0 Å². The van der Waals surface area contributed by atoms with E-state index in [1.807, 2.05) is 18.2 Å². The lowest BCUT2D eigenvalue weighted by molar-refractivity contribution is 0.0681. The Hall–Kier alpha value is -2.68. The van der Waals surface area contributed by atoms with Gasteiger partial charge >= 0.3 is 7.12 Å². The molecular formula is C19H20BN3O4. The number of benzene rings is 2. The quantitative estimate of drug-likeness (QED) is 0.581. The van der Waals surface area contributed by atoms with Gasteiger partial charge in [-0.2, -0.15) is 10.2 Å². The second-order valence-corrected chi connectivity index (χ2v) is 6.61. The summed E-state index contributed by atoms with van der Waals surface area (Å²) in [6.45, 7) is 1.22. The molecule has 1 atom stereocenters. The van der Waals surface area contributed by atoms with Crippen LogP contribution in [0.3, 0.4) is 0 Å². The van der Waals surface area contributed by atoms with Crippen molar-refractivity contribution < 1.29 is 19.5 Å². The van der Waals surface area contributed by atoms with Gasteiger partial charge in [0.25, 0.3) is 0 Å². The first-order chi connectivity index (χ1) is 13.1. The minimum absolute atomic E-state index is 0.0863. The zero-order chi connectivity index (χ0) is 18.8. The molecule has 0 aliphatic carbocycles. The maximum absolute atomic E-state index is 9.55. The Balaban J connectivity index is 1.73. The standard InChI is InChI=1S/C19H20BN3O4/c21-17-10-22-23-18-8-12(3-5-15(17)18)16-9-13(20(24)25)4-6-19(16)27-11-14-2-1-7-26-14/h3-6,8-10,14,24-25H,1-2,7,11H2,(H2,21,23). The SMILES string of the molecule is Nc1cnnc2cc(-c3cc(B(O)O)ccc3OCC3CCCO3)ccc12. The number of rotatable bonds is 5. The van der Waals surface area contributed by atoms with E-state index in [4.69, 9.17) is 15.2 Å². The van der Waals surface area contributed by atoms with Crippen LogP contribution in [-0.2, 0) is 4.74 Å². The maximum atomic E-state index is 9.55. The van der Waals surface area contributed by atoms with E-state index in [0.29, 0.717) is 29.0 Å². The molecule has 4 rings (SSSR count). The zero-order valence-electron chi connectivity index (χ0n) is 14.7. The summed E-state index contributed by atoms with van der Waals surface area (Å²) < 4.78 is 11.6. The van der Waals surface area contributed by atoms with Crippen LogP contribution in [0, 0.1) is 0 Å². The summed E-state index contributed by atoms with van der Waals surface area (Å²) in [4.78, 5) is 0. The first-order valence-electron chi connectivity index (χ1n) is 8.87. The monoisotopic (exact) mass is 365 g/mol. The number of anilines is 1. The number of nitrogens with zero attached hydrogens (tertiary/aromatic N) is 2. The number of ether oxygens (including phenoxy) is 2. The summed E-state index contributed by atoms with van der Waals surface area (Å²) in [5, 5.41) is 28.0. The Morgan fingerprint density at radius 3 is 2.89 bits per heavy atom. The van der Waals surface area contributed by atoms with Crippen molar-refractivity contribution >= 4 is 29.2 Å². The molecule has 7 nitrogen and oxygen atoms in total. The van der Waals surface area contributed by atoms with E-state index in [-0.39, 0.29) is 6.10 Å². The highest BCUT2D eigenvalue weighted by molar-refractivity contribution is 6.58. The van der Waals surface area contributed by atoms with Crippen LogP contribution < -0.4 is 15.9 Å². The first kappa shape index (κ1) is 17.7. The van der Waals surface area contributed by atoms with E-state index in [1.165, 1.54) is 6.20 Å². The highest BCUT2D eigenvalue weighted by atomic mass is 16.5. The number of nitrogens with two attached hydrogens (primary N) is 1. The number of nitrogen functional groups attached to an aromatic ring is 1. The molecule has 1 aliphatic rings. The van der Waals surface area contributed by atoms with Crippen LogP contribution in [0.4, 0.5) is 5.69 Å². The van der Waals surface area contributed by atoms with Gasteiger partial charge in [-0.15, -0.1) is 0 Å². The minimum atomic E-state index is -1.56. The van der Waals surface area contributed by atoms with E-state index in [0.717, 1.165) is 36.0 Å². The van der Waals surface area contributed by atoms with Crippen LogP contribution in [0.1, 0.15) is 12.8 Å². The normalized spacial score (nSPS) is 16.6. The Bertz CT molecular complexity index is 961. The molecule has 0 bridgehead atoms. The zero-order valence-corrected chi connectivity index (χ0v) is 14.7. The summed E-state index contributed by atoms with van der Waals surface area (Å²) in [5.74, 6) is 0.645. The smallest absolute Gasteiger partial charge is 0.488 e. The summed E-state index contributed by atoms with van der Waals surface area (Å²) >= 11 is 0. The van der Waals surface area contributed by atoms with Gasteiger partial charge in [0, 0.05) is 17.6 Å². The lowest BCUT2D eigenvalue weighted by atomic mass is 9.79. The van der Waals surface area contributed by atoms with E-state index in [1.54, 1.807) is 18.2 Å². The molecule has 1 fully saturated rings. The molecular weight excluding hydrogens is 345 g/mol. The predicted molar refractivity (Wildman–Crippen MR) is 104 cm³/mol. The largest absolute Gasteiger partial charge is 0.490 e. The van der Waals surface area contributed by atoms with Gasteiger partial charge in [-0.1, -0.05) is 18.2 Å². The van der Waals surface area contributed by atoms with E-state index in [9.17, 15) is 10.0 Å². The number of aromatic nitrogens is 2. The van der Waals surface area contributed by atoms with Crippen LogP contribution in [-0.4, -0.2) is 46.7 Å². The number of hydrogen-bond donors (Lipinski definition) is 3. The number of hydrogen-bond acceptors (Lipinski definition) is 7. The Labute approximate surface area is 156 Å². The van der Waals surface area contributed by atoms with Crippen molar-refractivity contribution in [3.63, 3.8) is 0 Å². The number of fused-ring (bicyclic) bond motifs is 1. The van der Waals surface area contributed by atoms with Crippen molar-refractivity contribution in [1.82, 2.24) is 10.2 Å².